The van der Waals surface area contributed by atoms with Gasteiger partial charge in [0.25, 0.3) is 5.91 Å². The van der Waals surface area contributed by atoms with Crippen LogP contribution in [0.2, 0.25) is 0 Å². The Bertz CT molecular complexity index is 498. The first-order valence-electron chi connectivity index (χ1n) is 8.84. The van der Waals surface area contributed by atoms with Crippen LogP contribution in [0.25, 0.3) is 0 Å². The molecule has 0 aromatic heterocycles. The second kappa shape index (κ2) is 7.28. The third-order valence-corrected chi connectivity index (χ3v) is 5.28. The molecule has 2 saturated heterocycles. The fourth-order valence-electron chi connectivity index (χ4n) is 3.88. The number of amides is 1. The quantitative estimate of drug-likeness (QED) is 0.835. The van der Waals surface area contributed by atoms with Gasteiger partial charge in [-0.05, 0) is 57.3 Å². The molecule has 0 spiro atoms. The van der Waals surface area contributed by atoms with E-state index in [1.54, 1.807) is 0 Å². The molecule has 0 N–H and O–H groups in total. The number of piperidine rings is 1. The minimum Gasteiger partial charge on any atom is -0.339 e. The predicted molar refractivity (Wildman–Crippen MR) is 90.1 cm³/mol. The van der Waals surface area contributed by atoms with Gasteiger partial charge in [0.15, 0.2) is 0 Å². The van der Waals surface area contributed by atoms with Crippen LogP contribution in [-0.2, 0) is 0 Å². The smallest absolute Gasteiger partial charge is 0.254 e. The fraction of sp³-hybridized carbons (Fsp3) is 0.632. The second-order valence-corrected chi connectivity index (χ2v) is 6.79. The van der Waals surface area contributed by atoms with Crippen molar-refractivity contribution in [1.29, 1.82) is 0 Å². The lowest BCUT2D eigenvalue weighted by molar-refractivity contribution is 0.0622. The molecule has 120 valence electrons. The van der Waals surface area contributed by atoms with E-state index in [-0.39, 0.29) is 5.91 Å². The first-order chi connectivity index (χ1) is 10.8. The highest BCUT2D eigenvalue weighted by Gasteiger charge is 2.27. The fourth-order valence-corrected chi connectivity index (χ4v) is 3.88. The SMILES string of the molecule is Cc1ccccc1C(=O)N1CCC(N2CCCCCC2)CC1. The van der Waals surface area contributed by atoms with Gasteiger partial charge in [0.1, 0.15) is 0 Å². The molecule has 0 radical (unpaired) electrons. The first-order valence-corrected chi connectivity index (χ1v) is 8.84. The van der Waals surface area contributed by atoms with Gasteiger partial charge >= 0.3 is 0 Å². The first kappa shape index (κ1) is 15.5. The lowest BCUT2D eigenvalue weighted by Crippen LogP contribution is -2.47. The maximum absolute atomic E-state index is 12.7. The maximum Gasteiger partial charge on any atom is 0.254 e. The van der Waals surface area contributed by atoms with Crippen LogP contribution in [-0.4, -0.2) is 47.9 Å². The Balaban J connectivity index is 1.57. The number of benzene rings is 1. The van der Waals surface area contributed by atoms with Gasteiger partial charge in [-0.3, -0.25) is 4.79 Å². The molecule has 3 rings (SSSR count). The van der Waals surface area contributed by atoms with Crippen LogP contribution in [0.15, 0.2) is 24.3 Å². The molecule has 22 heavy (non-hydrogen) atoms. The third kappa shape index (κ3) is 3.52. The van der Waals surface area contributed by atoms with Crippen LogP contribution in [0.5, 0.6) is 0 Å². The van der Waals surface area contributed by atoms with E-state index < -0.39 is 0 Å². The van der Waals surface area contributed by atoms with Crippen LogP contribution < -0.4 is 0 Å². The Morgan fingerprint density at radius 2 is 1.59 bits per heavy atom. The van der Waals surface area contributed by atoms with E-state index in [4.69, 9.17) is 0 Å². The number of nitrogens with zero attached hydrogens (tertiary/aromatic N) is 2. The number of hydrogen-bond donors (Lipinski definition) is 0. The van der Waals surface area contributed by atoms with E-state index in [9.17, 15) is 4.79 Å². The van der Waals surface area contributed by atoms with Crippen LogP contribution >= 0.6 is 0 Å². The van der Waals surface area contributed by atoms with Crippen molar-refractivity contribution in [3.05, 3.63) is 35.4 Å². The number of likely N-dealkylation sites (tertiary alicyclic amines) is 2. The van der Waals surface area contributed by atoms with E-state index in [0.717, 1.165) is 37.1 Å². The molecular formula is C19H28N2O. The van der Waals surface area contributed by atoms with Gasteiger partial charge < -0.3 is 9.80 Å². The lowest BCUT2D eigenvalue weighted by Gasteiger charge is -2.38. The summed E-state index contributed by atoms with van der Waals surface area (Å²) >= 11 is 0. The highest BCUT2D eigenvalue weighted by molar-refractivity contribution is 5.95. The van der Waals surface area contributed by atoms with E-state index >= 15 is 0 Å². The van der Waals surface area contributed by atoms with Crippen LogP contribution in [0, 0.1) is 6.92 Å². The summed E-state index contributed by atoms with van der Waals surface area (Å²) in [7, 11) is 0. The van der Waals surface area contributed by atoms with Crippen molar-refractivity contribution in [1.82, 2.24) is 9.80 Å². The summed E-state index contributed by atoms with van der Waals surface area (Å²) in [6.07, 6.45) is 7.75. The van der Waals surface area contributed by atoms with Crippen molar-refractivity contribution in [3.63, 3.8) is 0 Å². The zero-order valence-electron chi connectivity index (χ0n) is 13.8. The maximum atomic E-state index is 12.7. The molecule has 0 saturated carbocycles. The number of aryl methyl sites for hydroxylation is 1. The Morgan fingerprint density at radius 1 is 0.955 bits per heavy atom. The highest BCUT2D eigenvalue weighted by atomic mass is 16.2. The highest BCUT2D eigenvalue weighted by Crippen LogP contribution is 2.22. The van der Waals surface area contributed by atoms with Gasteiger partial charge in [-0.25, -0.2) is 0 Å². The average Bonchev–Trinajstić information content (AvgIpc) is 2.84. The van der Waals surface area contributed by atoms with Gasteiger partial charge in [-0.15, -0.1) is 0 Å². The number of carbonyl (C=O) groups is 1. The lowest BCUT2D eigenvalue weighted by atomic mass is 10.0. The van der Waals surface area contributed by atoms with E-state index in [0.29, 0.717) is 6.04 Å². The normalized spacial score (nSPS) is 21.6. The molecule has 2 fully saturated rings. The molecule has 2 heterocycles. The molecule has 0 aliphatic carbocycles. The Labute approximate surface area is 134 Å². The van der Waals surface area contributed by atoms with E-state index in [2.05, 4.69) is 9.80 Å². The molecular weight excluding hydrogens is 272 g/mol. The summed E-state index contributed by atoms with van der Waals surface area (Å²) in [6, 6.07) is 8.64. The number of rotatable bonds is 2. The van der Waals surface area contributed by atoms with Crippen molar-refractivity contribution in [3.8, 4) is 0 Å². The molecule has 3 nitrogen and oxygen atoms in total. The van der Waals surface area contributed by atoms with Crippen molar-refractivity contribution in [2.45, 2.75) is 51.5 Å². The monoisotopic (exact) mass is 300 g/mol. The molecule has 0 unspecified atom stereocenters. The molecule has 2 aliphatic heterocycles. The molecule has 1 aromatic rings. The summed E-state index contributed by atoms with van der Waals surface area (Å²) in [4.78, 5) is 17.4. The average molecular weight is 300 g/mol. The number of hydrogen-bond acceptors (Lipinski definition) is 2. The zero-order valence-corrected chi connectivity index (χ0v) is 13.8. The largest absolute Gasteiger partial charge is 0.339 e. The number of carbonyl (C=O) groups excluding carboxylic acids is 1. The van der Waals surface area contributed by atoms with Gasteiger partial charge in [0.2, 0.25) is 0 Å². The molecule has 1 amide bonds. The topological polar surface area (TPSA) is 23.6 Å². The van der Waals surface area contributed by atoms with E-state index in [1.807, 2.05) is 31.2 Å². The van der Waals surface area contributed by atoms with Gasteiger partial charge in [-0.1, -0.05) is 31.0 Å². The Kier molecular flexibility index (Phi) is 5.14. The second-order valence-electron chi connectivity index (χ2n) is 6.79. The molecule has 0 bridgehead atoms. The minimum absolute atomic E-state index is 0.215. The van der Waals surface area contributed by atoms with Crippen LogP contribution in [0.4, 0.5) is 0 Å². The summed E-state index contributed by atoms with van der Waals surface area (Å²) in [5, 5.41) is 0. The van der Waals surface area contributed by atoms with Gasteiger partial charge in [0.05, 0.1) is 0 Å². The predicted octanol–water partition coefficient (Wildman–Crippen LogP) is 3.48. The van der Waals surface area contributed by atoms with Crippen LogP contribution in [0.1, 0.15) is 54.4 Å². The summed E-state index contributed by atoms with van der Waals surface area (Å²) in [5.41, 5.74) is 1.96. The Morgan fingerprint density at radius 3 is 2.23 bits per heavy atom. The van der Waals surface area contributed by atoms with Crippen molar-refractivity contribution < 1.29 is 4.79 Å². The van der Waals surface area contributed by atoms with Crippen LogP contribution in [0.3, 0.4) is 0 Å². The summed E-state index contributed by atoms with van der Waals surface area (Å²) in [6.45, 7) is 6.37. The van der Waals surface area contributed by atoms with Gasteiger partial charge in [-0.2, -0.15) is 0 Å². The summed E-state index contributed by atoms with van der Waals surface area (Å²) < 4.78 is 0. The molecule has 2 aliphatic rings. The van der Waals surface area contributed by atoms with Crippen molar-refractivity contribution in [2.75, 3.05) is 26.2 Å². The third-order valence-electron chi connectivity index (χ3n) is 5.28. The molecule has 3 heteroatoms. The molecule has 0 atom stereocenters. The molecule has 1 aromatic carbocycles. The standard InChI is InChI=1S/C19H28N2O/c1-16-8-4-5-9-18(16)19(22)21-14-10-17(11-15-21)20-12-6-2-3-7-13-20/h4-5,8-9,17H,2-3,6-7,10-15H2,1H3. The van der Waals surface area contributed by atoms with Crippen molar-refractivity contribution >= 4 is 5.91 Å². The van der Waals surface area contributed by atoms with Gasteiger partial charge in [0, 0.05) is 24.7 Å². The zero-order chi connectivity index (χ0) is 15.4. The summed E-state index contributed by atoms with van der Waals surface area (Å²) in [5.74, 6) is 0.215. The minimum atomic E-state index is 0.215. The van der Waals surface area contributed by atoms with E-state index in [1.165, 1.54) is 38.8 Å². The Hall–Kier alpha value is -1.35. The van der Waals surface area contributed by atoms with Crippen molar-refractivity contribution in [2.24, 2.45) is 0 Å².